The molecule has 0 aliphatic heterocycles. The van der Waals surface area contributed by atoms with E-state index < -0.39 is 0 Å². The minimum atomic E-state index is -0.343. The van der Waals surface area contributed by atoms with Crippen molar-refractivity contribution in [3.05, 3.63) is 78.1 Å². The molecule has 2 aromatic carbocycles. The summed E-state index contributed by atoms with van der Waals surface area (Å²) in [5, 5.41) is 17.7. The van der Waals surface area contributed by atoms with Gasteiger partial charge in [-0.3, -0.25) is 14.6 Å². The fraction of sp³-hybridized carbons (Fsp3) is 0.0476. The lowest BCUT2D eigenvalue weighted by Crippen LogP contribution is -2.13. The number of anilines is 4. The van der Waals surface area contributed by atoms with Gasteiger partial charge in [0.1, 0.15) is 6.07 Å². The molecule has 0 atom stereocenters. The zero-order valence-electron chi connectivity index (χ0n) is 15.1. The second kappa shape index (κ2) is 8.47. The number of carbonyl (C=O) groups is 2. The molecule has 0 saturated heterocycles. The zero-order valence-corrected chi connectivity index (χ0v) is 15.1. The summed E-state index contributed by atoms with van der Waals surface area (Å²) in [5.41, 5.74) is 3.20. The standard InChI is InChI=1S/C21H17N5O2/c1-14(27)24-17-6-4-7-18(10-17)26-21(28)16-9-19(13-23-12-16)25-20-8-3-2-5-15(20)11-22/h2-10,12-13,25H,1H3,(H,24,27)(H,26,28). The number of hydrogen-bond donors (Lipinski definition) is 3. The molecule has 0 fully saturated rings. The molecule has 0 saturated carbocycles. The van der Waals surface area contributed by atoms with Crippen LogP contribution >= 0.6 is 0 Å². The highest BCUT2D eigenvalue weighted by Crippen LogP contribution is 2.21. The molecule has 0 radical (unpaired) electrons. The Morgan fingerprint density at radius 3 is 2.43 bits per heavy atom. The Hall–Kier alpha value is -4.18. The lowest BCUT2D eigenvalue weighted by molar-refractivity contribution is -0.114. The number of carbonyl (C=O) groups excluding carboxylic acids is 2. The third-order valence-electron chi connectivity index (χ3n) is 3.77. The van der Waals surface area contributed by atoms with Crippen molar-refractivity contribution in [3.63, 3.8) is 0 Å². The monoisotopic (exact) mass is 371 g/mol. The molecular weight excluding hydrogens is 354 g/mol. The van der Waals surface area contributed by atoms with Crippen LogP contribution in [-0.4, -0.2) is 16.8 Å². The van der Waals surface area contributed by atoms with Gasteiger partial charge in [-0.2, -0.15) is 5.26 Å². The molecule has 0 spiro atoms. The van der Waals surface area contributed by atoms with Crippen molar-refractivity contribution in [2.45, 2.75) is 6.92 Å². The van der Waals surface area contributed by atoms with Crippen LogP contribution in [0, 0.1) is 11.3 Å². The number of amides is 2. The molecule has 138 valence electrons. The quantitative estimate of drug-likeness (QED) is 0.630. The molecule has 3 rings (SSSR count). The van der Waals surface area contributed by atoms with Gasteiger partial charge < -0.3 is 16.0 Å². The van der Waals surface area contributed by atoms with Gasteiger partial charge in [0.2, 0.25) is 5.91 Å². The summed E-state index contributed by atoms with van der Waals surface area (Å²) in [6.07, 6.45) is 3.02. The number of aromatic nitrogens is 1. The van der Waals surface area contributed by atoms with Crippen molar-refractivity contribution in [1.29, 1.82) is 5.26 Å². The SMILES string of the molecule is CC(=O)Nc1cccc(NC(=O)c2cncc(Nc3ccccc3C#N)c2)c1. The maximum absolute atomic E-state index is 12.6. The van der Waals surface area contributed by atoms with Gasteiger partial charge >= 0.3 is 0 Å². The first-order valence-electron chi connectivity index (χ1n) is 8.45. The van der Waals surface area contributed by atoms with Gasteiger partial charge in [-0.25, -0.2) is 0 Å². The van der Waals surface area contributed by atoms with E-state index in [1.807, 2.05) is 6.07 Å². The highest BCUT2D eigenvalue weighted by Gasteiger charge is 2.09. The first kappa shape index (κ1) is 18.6. The average Bonchev–Trinajstić information content (AvgIpc) is 2.68. The maximum atomic E-state index is 12.6. The number of nitrogens with zero attached hydrogens (tertiary/aromatic N) is 2. The zero-order chi connectivity index (χ0) is 19.9. The van der Waals surface area contributed by atoms with Gasteiger partial charge in [0, 0.05) is 24.5 Å². The van der Waals surface area contributed by atoms with Crippen LogP contribution in [0.4, 0.5) is 22.7 Å². The largest absolute Gasteiger partial charge is 0.353 e. The molecule has 28 heavy (non-hydrogen) atoms. The summed E-state index contributed by atoms with van der Waals surface area (Å²) in [7, 11) is 0. The summed E-state index contributed by atoms with van der Waals surface area (Å²) >= 11 is 0. The number of nitriles is 1. The van der Waals surface area contributed by atoms with E-state index in [1.54, 1.807) is 54.7 Å². The van der Waals surface area contributed by atoms with Gasteiger partial charge in [0.05, 0.1) is 28.7 Å². The third kappa shape index (κ3) is 4.71. The predicted molar refractivity (Wildman–Crippen MR) is 107 cm³/mol. The number of rotatable bonds is 5. The van der Waals surface area contributed by atoms with Crippen molar-refractivity contribution in [2.24, 2.45) is 0 Å². The second-order valence-electron chi connectivity index (χ2n) is 5.96. The maximum Gasteiger partial charge on any atom is 0.257 e. The van der Waals surface area contributed by atoms with E-state index in [0.29, 0.717) is 33.9 Å². The van der Waals surface area contributed by atoms with Gasteiger partial charge in [0.25, 0.3) is 5.91 Å². The fourth-order valence-electron chi connectivity index (χ4n) is 2.56. The predicted octanol–water partition coefficient (Wildman–Crippen LogP) is 3.91. The summed E-state index contributed by atoms with van der Waals surface area (Å²) in [6.45, 7) is 1.42. The molecule has 0 bridgehead atoms. The van der Waals surface area contributed by atoms with Crippen molar-refractivity contribution in [1.82, 2.24) is 4.98 Å². The van der Waals surface area contributed by atoms with Gasteiger partial charge in [-0.05, 0) is 36.4 Å². The molecule has 0 aliphatic rings. The van der Waals surface area contributed by atoms with Crippen molar-refractivity contribution in [2.75, 3.05) is 16.0 Å². The Kier molecular flexibility index (Phi) is 5.63. The van der Waals surface area contributed by atoms with E-state index in [2.05, 4.69) is 27.0 Å². The van der Waals surface area contributed by atoms with Crippen LogP contribution in [0.25, 0.3) is 0 Å². The molecule has 2 amide bonds. The Morgan fingerprint density at radius 1 is 0.929 bits per heavy atom. The van der Waals surface area contributed by atoms with Crippen LogP contribution in [0.15, 0.2) is 67.0 Å². The molecule has 7 heteroatoms. The van der Waals surface area contributed by atoms with Crippen LogP contribution in [0.1, 0.15) is 22.8 Å². The van der Waals surface area contributed by atoms with Crippen LogP contribution in [0.3, 0.4) is 0 Å². The molecule has 1 aromatic heterocycles. The van der Waals surface area contributed by atoms with E-state index in [0.717, 1.165) is 0 Å². The highest BCUT2D eigenvalue weighted by atomic mass is 16.2. The third-order valence-corrected chi connectivity index (χ3v) is 3.77. The van der Waals surface area contributed by atoms with Crippen LogP contribution < -0.4 is 16.0 Å². The van der Waals surface area contributed by atoms with Crippen molar-refractivity contribution < 1.29 is 9.59 Å². The van der Waals surface area contributed by atoms with E-state index in [-0.39, 0.29) is 11.8 Å². The fourth-order valence-corrected chi connectivity index (χ4v) is 2.56. The Balaban J connectivity index is 1.76. The number of benzene rings is 2. The van der Waals surface area contributed by atoms with E-state index in [1.165, 1.54) is 13.1 Å². The van der Waals surface area contributed by atoms with Crippen LogP contribution in [-0.2, 0) is 4.79 Å². The minimum absolute atomic E-state index is 0.191. The molecule has 3 N–H and O–H groups in total. The summed E-state index contributed by atoms with van der Waals surface area (Å²) < 4.78 is 0. The molecule has 0 unspecified atom stereocenters. The molecule has 3 aromatic rings. The van der Waals surface area contributed by atoms with Gasteiger partial charge in [-0.1, -0.05) is 18.2 Å². The van der Waals surface area contributed by atoms with Crippen molar-refractivity contribution >= 4 is 34.6 Å². The van der Waals surface area contributed by atoms with Gasteiger partial charge in [0.15, 0.2) is 0 Å². The molecule has 0 aliphatic carbocycles. The number of pyridine rings is 1. The summed E-state index contributed by atoms with van der Waals surface area (Å²) in [5.74, 6) is -0.534. The lowest BCUT2D eigenvalue weighted by Gasteiger charge is -2.10. The Labute approximate surface area is 162 Å². The number of nitrogens with one attached hydrogen (secondary N) is 3. The smallest absolute Gasteiger partial charge is 0.257 e. The topological polar surface area (TPSA) is 107 Å². The van der Waals surface area contributed by atoms with Gasteiger partial charge in [-0.15, -0.1) is 0 Å². The first-order chi connectivity index (χ1) is 13.5. The number of para-hydroxylation sites is 1. The molecule has 7 nitrogen and oxygen atoms in total. The molecule has 1 heterocycles. The normalized spacial score (nSPS) is 9.86. The van der Waals surface area contributed by atoms with E-state index in [9.17, 15) is 14.9 Å². The van der Waals surface area contributed by atoms with Crippen molar-refractivity contribution in [3.8, 4) is 6.07 Å². The molecular formula is C21H17N5O2. The summed E-state index contributed by atoms with van der Waals surface area (Å²) in [6, 6.07) is 17.7. The Morgan fingerprint density at radius 2 is 1.68 bits per heavy atom. The van der Waals surface area contributed by atoms with E-state index in [4.69, 9.17) is 0 Å². The number of hydrogen-bond acceptors (Lipinski definition) is 5. The minimum Gasteiger partial charge on any atom is -0.353 e. The lowest BCUT2D eigenvalue weighted by atomic mass is 10.2. The second-order valence-corrected chi connectivity index (χ2v) is 5.96. The highest BCUT2D eigenvalue weighted by molar-refractivity contribution is 6.05. The summed E-state index contributed by atoms with van der Waals surface area (Å²) in [4.78, 5) is 27.8. The average molecular weight is 371 g/mol. The Bertz CT molecular complexity index is 1070. The first-order valence-corrected chi connectivity index (χ1v) is 8.45. The van der Waals surface area contributed by atoms with Crippen LogP contribution in [0.2, 0.25) is 0 Å². The van der Waals surface area contributed by atoms with Crippen LogP contribution in [0.5, 0.6) is 0 Å². The van der Waals surface area contributed by atoms with E-state index >= 15 is 0 Å².